The Labute approximate surface area is 286 Å². The van der Waals surface area contributed by atoms with Gasteiger partial charge in [0.1, 0.15) is 16.6 Å². The smallest absolute Gasteiger partial charge is 0.448 e. The van der Waals surface area contributed by atoms with Crippen LogP contribution in [0.1, 0.15) is 24.0 Å². The minimum absolute atomic E-state index is 0.0157. The molecule has 2 saturated heterocycles. The van der Waals surface area contributed by atoms with Crippen LogP contribution >= 0.6 is 0 Å². The van der Waals surface area contributed by atoms with E-state index in [2.05, 4.69) is 26.8 Å². The van der Waals surface area contributed by atoms with E-state index in [1.807, 2.05) is 0 Å². The van der Waals surface area contributed by atoms with Gasteiger partial charge >= 0.3 is 18.0 Å². The number of aliphatic hydroxyl groups is 1. The van der Waals surface area contributed by atoms with E-state index in [4.69, 9.17) is 26.0 Å². The highest BCUT2D eigenvalue weighted by molar-refractivity contribution is 5.95. The Hall–Kier alpha value is -4.82. The zero-order valence-corrected chi connectivity index (χ0v) is 27.3. The minimum atomic E-state index is -4.64. The molecule has 1 spiro atoms. The number of carbonyl (C=O) groups is 2. The highest BCUT2D eigenvalue weighted by Crippen LogP contribution is 2.39. The van der Waals surface area contributed by atoms with E-state index in [-0.39, 0.29) is 79.7 Å². The summed E-state index contributed by atoms with van der Waals surface area (Å²) in [6, 6.07) is 0. The molecule has 0 saturated carbocycles. The lowest BCUT2D eigenvalue weighted by atomic mass is 9.90. The van der Waals surface area contributed by atoms with Gasteiger partial charge in [0.05, 0.1) is 12.7 Å². The maximum atomic E-state index is 15.9. The van der Waals surface area contributed by atoms with Gasteiger partial charge < -0.3 is 36.3 Å². The Morgan fingerprint density at radius 1 is 1.04 bits per heavy atom. The normalized spacial score (nSPS) is 18.6. The van der Waals surface area contributed by atoms with Gasteiger partial charge in [-0.2, -0.15) is 13.2 Å². The molecule has 3 aromatic rings. The van der Waals surface area contributed by atoms with Crippen LogP contribution < -0.4 is 32.1 Å². The summed E-state index contributed by atoms with van der Waals surface area (Å²) >= 11 is 0. The average molecular weight is 726 g/mol. The molecule has 2 aromatic heterocycles. The molecule has 2 fully saturated rings. The SMILES string of the molecule is C=C(O)C(F)(F)F.NCCn1c(=O)n(CCN)c2c(F)c3c(c(F)c21)CC(CN1CCC2(CC1)CN(c1cnc4c(n1)NC(=O)CO4)C(=O)O2)C3. The first-order chi connectivity index (χ1) is 24.2. The largest absolute Gasteiger partial charge is 0.505 e. The predicted molar refractivity (Wildman–Crippen MR) is 171 cm³/mol. The molecule has 3 aliphatic heterocycles. The number of piperidine rings is 1. The van der Waals surface area contributed by atoms with Crippen LogP contribution in [0.15, 0.2) is 23.3 Å². The number of imidazole rings is 1. The number of likely N-dealkylation sites (tertiary alicyclic amines) is 1. The molecule has 2 amide bonds. The summed E-state index contributed by atoms with van der Waals surface area (Å²) in [6.07, 6.45) is -1.89. The molecule has 0 atom stereocenters. The number of nitrogens with zero attached hydrogens (tertiary/aromatic N) is 6. The molecule has 0 radical (unpaired) electrons. The predicted octanol–water partition coefficient (Wildman–Crippen LogP) is 1.95. The van der Waals surface area contributed by atoms with Crippen LogP contribution in [0.5, 0.6) is 5.88 Å². The van der Waals surface area contributed by atoms with Crippen LogP contribution in [-0.2, 0) is 35.5 Å². The molecule has 276 valence electrons. The average Bonchev–Trinajstić information content (AvgIpc) is 3.73. The van der Waals surface area contributed by atoms with Crippen molar-refractivity contribution in [3.8, 4) is 5.88 Å². The van der Waals surface area contributed by atoms with Crippen molar-refractivity contribution in [2.45, 2.75) is 50.6 Å². The summed E-state index contributed by atoms with van der Waals surface area (Å²) in [5.74, 6) is -2.64. The second kappa shape index (κ2) is 13.7. The number of fused-ring (bicyclic) bond motifs is 3. The van der Waals surface area contributed by atoms with Crippen LogP contribution in [0.3, 0.4) is 0 Å². The first kappa shape index (κ1) is 36.0. The minimum Gasteiger partial charge on any atom is -0.505 e. The van der Waals surface area contributed by atoms with E-state index < -0.39 is 41.0 Å². The molecular formula is C31H36F5N9O6. The number of amides is 2. The van der Waals surface area contributed by atoms with Gasteiger partial charge in [-0.05, 0) is 29.9 Å². The Kier molecular flexibility index (Phi) is 9.68. The zero-order chi connectivity index (χ0) is 36.8. The fraction of sp³-hybridized carbons (Fsp3) is 0.516. The van der Waals surface area contributed by atoms with E-state index in [0.29, 0.717) is 56.4 Å². The standard InChI is InChI=1S/C28H33F2N9O5.C3H3F3O/c29-20-16-9-15(10-17(16)21(30)23-22(20)37(7-3-31)26(41)38(23)8-4-32)12-36-5-1-28(2-6-36)14-39(27(42)44-28)18-11-33-25-24(34-18)35-19(40)13-43-25;1-2(7)3(4,5)6/h11,15H,1-10,12-14,31-32H2,(H,34,35,40);7H,1H2. The molecule has 4 aliphatic rings. The number of aromatic nitrogens is 4. The molecule has 20 heteroatoms. The molecule has 0 bridgehead atoms. The van der Waals surface area contributed by atoms with Crippen molar-refractivity contribution in [2.24, 2.45) is 17.4 Å². The van der Waals surface area contributed by atoms with E-state index >= 15 is 8.78 Å². The summed E-state index contributed by atoms with van der Waals surface area (Å²) < 4.78 is 77.9. The Morgan fingerprint density at radius 3 is 2.14 bits per heavy atom. The van der Waals surface area contributed by atoms with Gasteiger partial charge in [0.2, 0.25) is 0 Å². The highest BCUT2D eigenvalue weighted by atomic mass is 19.4. The second-order valence-corrected chi connectivity index (χ2v) is 12.8. The Morgan fingerprint density at radius 2 is 1.61 bits per heavy atom. The van der Waals surface area contributed by atoms with Gasteiger partial charge in [0.15, 0.2) is 35.6 Å². The summed E-state index contributed by atoms with van der Waals surface area (Å²) in [7, 11) is 0. The molecule has 51 heavy (non-hydrogen) atoms. The lowest BCUT2D eigenvalue weighted by Crippen LogP contribution is -2.48. The quantitative estimate of drug-likeness (QED) is 0.205. The first-order valence-corrected chi connectivity index (χ1v) is 16.2. The van der Waals surface area contributed by atoms with Crippen molar-refractivity contribution >= 4 is 34.7 Å². The van der Waals surface area contributed by atoms with Crippen LogP contribution in [0.4, 0.5) is 38.4 Å². The number of halogens is 5. The molecule has 15 nitrogen and oxygen atoms in total. The monoisotopic (exact) mass is 725 g/mol. The number of nitrogens with one attached hydrogen (secondary N) is 1. The summed E-state index contributed by atoms with van der Waals surface area (Å²) in [6.45, 7) is 4.67. The van der Waals surface area contributed by atoms with Gasteiger partial charge in [-0.15, -0.1) is 0 Å². The van der Waals surface area contributed by atoms with Crippen LogP contribution in [0.25, 0.3) is 11.0 Å². The van der Waals surface area contributed by atoms with Gasteiger partial charge in [-0.25, -0.2) is 28.3 Å². The van der Waals surface area contributed by atoms with Gasteiger partial charge in [0.25, 0.3) is 11.8 Å². The summed E-state index contributed by atoms with van der Waals surface area (Å²) in [5.41, 5.74) is 10.7. The number of benzene rings is 1. The number of carbonyl (C=O) groups excluding carboxylic acids is 2. The lowest BCUT2D eigenvalue weighted by Gasteiger charge is -2.38. The zero-order valence-electron chi connectivity index (χ0n) is 27.3. The topological polar surface area (TPSA) is 196 Å². The van der Waals surface area contributed by atoms with E-state index in [1.54, 1.807) is 0 Å². The van der Waals surface area contributed by atoms with Crippen molar-refractivity contribution in [1.29, 1.82) is 0 Å². The molecular weight excluding hydrogens is 689 g/mol. The maximum Gasteiger partial charge on any atom is 0.448 e. The first-order valence-electron chi connectivity index (χ1n) is 16.2. The number of rotatable bonds is 7. The number of anilines is 2. The maximum absolute atomic E-state index is 15.9. The van der Waals surface area contributed by atoms with E-state index in [0.717, 1.165) is 0 Å². The van der Waals surface area contributed by atoms with Gasteiger partial charge in [-0.3, -0.25) is 18.8 Å². The van der Waals surface area contributed by atoms with Crippen LogP contribution in [-0.4, -0.2) is 98.8 Å². The molecule has 1 aromatic carbocycles. The van der Waals surface area contributed by atoms with Crippen LogP contribution in [0, 0.1) is 17.6 Å². The van der Waals surface area contributed by atoms with Crippen molar-refractivity contribution in [3.05, 3.63) is 51.8 Å². The number of hydrogen-bond donors (Lipinski definition) is 4. The summed E-state index contributed by atoms with van der Waals surface area (Å²) in [4.78, 5) is 49.6. The summed E-state index contributed by atoms with van der Waals surface area (Å²) in [5, 5.41) is 10.2. The fourth-order valence-electron chi connectivity index (χ4n) is 7.02. The van der Waals surface area contributed by atoms with E-state index in [1.165, 1.54) is 20.2 Å². The van der Waals surface area contributed by atoms with Crippen molar-refractivity contribution < 1.29 is 46.1 Å². The van der Waals surface area contributed by atoms with Crippen molar-refractivity contribution in [1.82, 2.24) is 24.0 Å². The number of aliphatic hydroxyl groups excluding tert-OH is 1. The third kappa shape index (κ3) is 6.81. The van der Waals surface area contributed by atoms with Crippen molar-refractivity contribution in [3.63, 3.8) is 0 Å². The van der Waals surface area contributed by atoms with Crippen molar-refractivity contribution in [2.75, 3.05) is 56.1 Å². The van der Waals surface area contributed by atoms with Gasteiger partial charge in [0, 0.05) is 58.7 Å². The third-order valence-corrected chi connectivity index (χ3v) is 9.41. The molecule has 5 heterocycles. The number of hydrogen-bond acceptors (Lipinski definition) is 11. The third-order valence-electron chi connectivity index (χ3n) is 9.41. The Balaban J connectivity index is 0.000000582. The number of alkyl halides is 3. The highest BCUT2D eigenvalue weighted by Gasteiger charge is 2.48. The number of allylic oxidation sites excluding steroid dienone is 1. The fourth-order valence-corrected chi connectivity index (χ4v) is 7.02. The molecule has 0 unspecified atom stereocenters. The van der Waals surface area contributed by atoms with Crippen LogP contribution in [0.2, 0.25) is 0 Å². The molecule has 6 N–H and O–H groups in total. The Bertz CT molecular complexity index is 1880. The van der Waals surface area contributed by atoms with Gasteiger partial charge in [-0.1, -0.05) is 6.58 Å². The molecule has 1 aliphatic carbocycles. The number of ether oxygens (including phenoxy) is 2. The number of nitrogens with two attached hydrogens (primary N) is 2. The second-order valence-electron chi connectivity index (χ2n) is 12.8. The molecule has 7 rings (SSSR count). The lowest BCUT2D eigenvalue weighted by molar-refractivity contribution is -0.120. The van der Waals surface area contributed by atoms with E-state index in [9.17, 15) is 27.6 Å².